The summed E-state index contributed by atoms with van der Waals surface area (Å²) in [6, 6.07) is 6.86. The fourth-order valence-electron chi connectivity index (χ4n) is 2.70. The predicted molar refractivity (Wildman–Crippen MR) is 74.9 cm³/mol. The lowest BCUT2D eigenvalue weighted by atomic mass is 10.0. The molecule has 1 aromatic carbocycles. The maximum absolute atomic E-state index is 6.02. The number of aryl methyl sites for hydroxylation is 1. The first-order valence-electron chi connectivity index (χ1n) is 6.86. The van der Waals surface area contributed by atoms with Crippen LogP contribution in [0.2, 0.25) is 0 Å². The highest BCUT2D eigenvalue weighted by molar-refractivity contribution is 5.37. The second kappa shape index (κ2) is 6.21. The fourth-order valence-corrected chi connectivity index (χ4v) is 2.70. The molecule has 1 aliphatic heterocycles. The van der Waals surface area contributed by atoms with Gasteiger partial charge < -0.3 is 10.5 Å². The standard InChI is InChI=1S/C15H24N2O/c1-3-13-9-12(6-7-15(13)18-2)10-17-8-4-5-14(16)11-17/h6-7,9,14H,3-5,8,10-11,16H2,1-2H3. The van der Waals surface area contributed by atoms with Crippen LogP contribution < -0.4 is 10.5 Å². The molecule has 100 valence electrons. The van der Waals surface area contributed by atoms with E-state index in [1.165, 1.54) is 30.5 Å². The Hall–Kier alpha value is -1.06. The van der Waals surface area contributed by atoms with E-state index in [1.54, 1.807) is 7.11 Å². The van der Waals surface area contributed by atoms with E-state index in [1.807, 2.05) is 0 Å². The number of nitrogens with two attached hydrogens (primary N) is 1. The van der Waals surface area contributed by atoms with Gasteiger partial charge in [0.05, 0.1) is 7.11 Å². The normalized spacial score (nSPS) is 20.9. The minimum absolute atomic E-state index is 0.350. The summed E-state index contributed by atoms with van der Waals surface area (Å²) < 4.78 is 5.36. The maximum Gasteiger partial charge on any atom is 0.122 e. The van der Waals surface area contributed by atoms with Gasteiger partial charge in [0.15, 0.2) is 0 Å². The van der Waals surface area contributed by atoms with Crippen LogP contribution in [-0.4, -0.2) is 31.1 Å². The molecule has 2 N–H and O–H groups in total. The topological polar surface area (TPSA) is 38.5 Å². The van der Waals surface area contributed by atoms with Gasteiger partial charge in [0.25, 0.3) is 0 Å². The van der Waals surface area contributed by atoms with Crippen LogP contribution in [0.3, 0.4) is 0 Å². The van der Waals surface area contributed by atoms with Crippen LogP contribution in [0.4, 0.5) is 0 Å². The van der Waals surface area contributed by atoms with Crippen molar-refractivity contribution >= 4 is 0 Å². The van der Waals surface area contributed by atoms with Gasteiger partial charge in [0.2, 0.25) is 0 Å². The molecule has 0 aliphatic carbocycles. The van der Waals surface area contributed by atoms with Gasteiger partial charge in [0.1, 0.15) is 5.75 Å². The first-order valence-corrected chi connectivity index (χ1v) is 6.86. The van der Waals surface area contributed by atoms with Gasteiger partial charge in [-0.2, -0.15) is 0 Å². The molecule has 0 saturated carbocycles. The molecule has 1 fully saturated rings. The molecule has 3 heteroatoms. The number of benzene rings is 1. The van der Waals surface area contributed by atoms with Crippen LogP contribution >= 0.6 is 0 Å². The van der Waals surface area contributed by atoms with E-state index in [-0.39, 0.29) is 0 Å². The van der Waals surface area contributed by atoms with Gasteiger partial charge in [-0.05, 0) is 43.0 Å². The van der Waals surface area contributed by atoms with Crippen LogP contribution in [-0.2, 0) is 13.0 Å². The number of methoxy groups -OCH3 is 1. The summed E-state index contributed by atoms with van der Waals surface area (Å²) in [5, 5.41) is 0. The molecule has 1 saturated heterocycles. The Bertz CT molecular complexity index is 392. The number of hydrogen-bond acceptors (Lipinski definition) is 3. The summed E-state index contributed by atoms with van der Waals surface area (Å²) in [7, 11) is 1.73. The largest absolute Gasteiger partial charge is 0.496 e. The Balaban J connectivity index is 2.04. The highest BCUT2D eigenvalue weighted by Crippen LogP contribution is 2.22. The first kappa shape index (κ1) is 13.4. The van der Waals surface area contributed by atoms with Gasteiger partial charge in [-0.1, -0.05) is 19.1 Å². The lowest BCUT2D eigenvalue weighted by molar-refractivity contribution is 0.201. The second-order valence-corrected chi connectivity index (χ2v) is 5.14. The maximum atomic E-state index is 6.02. The molecule has 2 rings (SSSR count). The van der Waals surface area contributed by atoms with E-state index < -0.39 is 0 Å². The van der Waals surface area contributed by atoms with Gasteiger partial charge in [0, 0.05) is 19.1 Å². The van der Waals surface area contributed by atoms with E-state index in [2.05, 4.69) is 30.0 Å². The van der Waals surface area contributed by atoms with Gasteiger partial charge >= 0.3 is 0 Å². The van der Waals surface area contributed by atoms with Crippen molar-refractivity contribution in [1.29, 1.82) is 0 Å². The molecule has 1 aliphatic rings. The summed E-state index contributed by atoms with van der Waals surface area (Å²) in [5.41, 5.74) is 8.67. The summed E-state index contributed by atoms with van der Waals surface area (Å²) in [6.07, 6.45) is 3.40. The van der Waals surface area contributed by atoms with E-state index in [0.717, 1.165) is 25.3 Å². The SMILES string of the molecule is CCc1cc(CN2CCCC(N)C2)ccc1OC. The Morgan fingerprint density at radius 3 is 2.94 bits per heavy atom. The molecule has 0 amide bonds. The average Bonchev–Trinajstić information content (AvgIpc) is 2.38. The summed E-state index contributed by atoms with van der Waals surface area (Å²) in [5.74, 6) is 0.997. The van der Waals surface area contributed by atoms with Crippen LogP contribution in [0.15, 0.2) is 18.2 Å². The minimum atomic E-state index is 0.350. The van der Waals surface area contributed by atoms with Crippen molar-refractivity contribution in [1.82, 2.24) is 4.90 Å². The lowest BCUT2D eigenvalue weighted by Gasteiger charge is -2.30. The van der Waals surface area contributed by atoms with Crippen molar-refractivity contribution in [3.63, 3.8) is 0 Å². The third-order valence-electron chi connectivity index (χ3n) is 3.67. The van der Waals surface area contributed by atoms with Crippen LogP contribution in [0.5, 0.6) is 5.75 Å². The molecule has 18 heavy (non-hydrogen) atoms. The minimum Gasteiger partial charge on any atom is -0.496 e. The highest BCUT2D eigenvalue weighted by atomic mass is 16.5. The Labute approximate surface area is 110 Å². The molecule has 0 spiro atoms. The van der Waals surface area contributed by atoms with E-state index in [0.29, 0.717) is 6.04 Å². The molecule has 3 nitrogen and oxygen atoms in total. The number of hydrogen-bond donors (Lipinski definition) is 1. The monoisotopic (exact) mass is 248 g/mol. The van der Waals surface area contributed by atoms with Crippen molar-refractivity contribution in [3.8, 4) is 5.75 Å². The number of likely N-dealkylation sites (tertiary alicyclic amines) is 1. The first-order chi connectivity index (χ1) is 8.72. The molecule has 0 radical (unpaired) electrons. The predicted octanol–water partition coefficient (Wildman–Crippen LogP) is 2.18. The summed E-state index contributed by atoms with van der Waals surface area (Å²) in [6.45, 7) is 5.36. The van der Waals surface area contributed by atoms with E-state index in [4.69, 9.17) is 10.5 Å². The molecular weight excluding hydrogens is 224 g/mol. The quantitative estimate of drug-likeness (QED) is 0.887. The number of rotatable bonds is 4. The molecule has 1 unspecified atom stereocenters. The van der Waals surface area contributed by atoms with Crippen LogP contribution in [0.1, 0.15) is 30.9 Å². The molecular formula is C15H24N2O. The zero-order valence-electron chi connectivity index (χ0n) is 11.5. The molecule has 1 aromatic rings. The van der Waals surface area contributed by atoms with Crippen LogP contribution in [0, 0.1) is 0 Å². The highest BCUT2D eigenvalue weighted by Gasteiger charge is 2.16. The average molecular weight is 248 g/mol. The van der Waals surface area contributed by atoms with Crippen molar-refractivity contribution in [2.75, 3.05) is 20.2 Å². The third kappa shape index (κ3) is 3.24. The molecule has 0 aromatic heterocycles. The number of piperidine rings is 1. The van der Waals surface area contributed by atoms with Gasteiger partial charge in [-0.3, -0.25) is 4.90 Å². The van der Waals surface area contributed by atoms with Crippen molar-refractivity contribution in [3.05, 3.63) is 29.3 Å². The van der Waals surface area contributed by atoms with E-state index in [9.17, 15) is 0 Å². The molecule has 0 bridgehead atoms. The molecule has 1 atom stereocenters. The Kier molecular flexibility index (Phi) is 4.61. The second-order valence-electron chi connectivity index (χ2n) is 5.14. The molecule has 1 heterocycles. The number of nitrogens with zero attached hydrogens (tertiary/aromatic N) is 1. The summed E-state index contributed by atoms with van der Waals surface area (Å²) >= 11 is 0. The lowest BCUT2D eigenvalue weighted by Crippen LogP contribution is -2.42. The third-order valence-corrected chi connectivity index (χ3v) is 3.67. The van der Waals surface area contributed by atoms with Gasteiger partial charge in [-0.25, -0.2) is 0 Å². The summed E-state index contributed by atoms with van der Waals surface area (Å²) in [4.78, 5) is 2.45. The zero-order chi connectivity index (χ0) is 13.0. The number of ether oxygens (including phenoxy) is 1. The zero-order valence-corrected chi connectivity index (χ0v) is 11.5. The smallest absolute Gasteiger partial charge is 0.122 e. The van der Waals surface area contributed by atoms with Crippen molar-refractivity contribution in [2.24, 2.45) is 5.73 Å². The fraction of sp³-hybridized carbons (Fsp3) is 0.600. The Morgan fingerprint density at radius 1 is 1.44 bits per heavy atom. The van der Waals surface area contributed by atoms with Gasteiger partial charge in [-0.15, -0.1) is 0 Å². The van der Waals surface area contributed by atoms with Crippen molar-refractivity contribution in [2.45, 2.75) is 38.8 Å². The Morgan fingerprint density at radius 2 is 2.28 bits per heavy atom. The van der Waals surface area contributed by atoms with Crippen LogP contribution in [0.25, 0.3) is 0 Å². The van der Waals surface area contributed by atoms with E-state index >= 15 is 0 Å². The van der Waals surface area contributed by atoms with Crippen molar-refractivity contribution < 1.29 is 4.74 Å².